The first-order valence-corrected chi connectivity index (χ1v) is 9.10. The van der Waals surface area contributed by atoms with Crippen LogP contribution in [0.4, 0.5) is 5.69 Å². The summed E-state index contributed by atoms with van der Waals surface area (Å²) in [6, 6.07) is 11.7. The standard InChI is InChI=1S/C21H24N2O5/c1-4-15-5-8-17(9-6-15)21(14(2)3)22-20(25)13-28-19-10-7-16(12-24)11-18(19)23(26)27/h5-12,14,21H,4,13H2,1-3H3,(H,22,25)/t21-/m1/s1. The van der Waals surface area contributed by atoms with Crippen LogP contribution in [0.5, 0.6) is 5.75 Å². The molecule has 2 rings (SSSR count). The topological polar surface area (TPSA) is 98.5 Å². The molecule has 0 aliphatic rings. The van der Waals surface area contributed by atoms with Crippen LogP contribution in [-0.4, -0.2) is 23.7 Å². The number of nitrogens with one attached hydrogen (secondary N) is 1. The van der Waals surface area contributed by atoms with Crippen LogP contribution >= 0.6 is 0 Å². The molecule has 1 N–H and O–H groups in total. The van der Waals surface area contributed by atoms with Gasteiger partial charge in [-0.05, 0) is 35.6 Å². The molecule has 0 aliphatic heterocycles. The van der Waals surface area contributed by atoms with Gasteiger partial charge in [0.2, 0.25) is 0 Å². The highest BCUT2D eigenvalue weighted by Crippen LogP contribution is 2.27. The van der Waals surface area contributed by atoms with E-state index in [9.17, 15) is 19.7 Å². The van der Waals surface area contributed by atoms with Crippen molar-refractivity contribution in [2.24, 2.45) is 5.92 Å². The second-order valence-corrected chi connectivity index (χ2v) is 6.78. The van der Waals surface area contributed by atoms with Crippen LogP contribution in [0.15, 0.2) is 42.5 Å². The third-order valence-electron chi connectivity index (χ3n) is 4.40. The van der Waals surface area contributed by atoms with E-state index < -0.39 is 4.92 Å². The molecule has 28 heavy (non-hydrogen) atoms. The molecule has 7 nitrogen and oxygen atoms in total. The second kappa shape index (κ2) is 9.64. The zero-order valence-electron chi connectivity index (χ0n) is 16.2. The molecule has 0 saturated heterocycles. The molecule has 0 bridgehead atoms. The lowest BCUT2D eigenvalue weighted by atomic mass is 9.95. The van der Waals surface area contributed by atoms with E-state index in [-0.39, 0.29) is 41.5 Å². The smallest absolute Gasteiger partial charge is 0.311 e. The van der Waals surface area contributed by atoms with Crippen LogP contribution in [-0.2, 0) is 11.2 Å². The highest BCUT2D eigenvalue weighted by molar-refractivity contribution is 5.79. The summed E-state index contributed by atoms with van der Waals surface area (Å²) in [6.45, 7) is 5.72. The molecule has 0 unspecified atom stereocenters. The fourth-order valence-electron chi connectivity index (χ4n) is 2.83. The molecule has 0 fully saturated rings. The summed E-state index contributed by atoms with van der Waals surface area (Å²) in [5, 5.41) is 14.1. The minimum Gasteiger partial charge on any atom is -0.477 e. The summed E-state index contributed by atoms with van der Waals surface area (Å²) < 4.78 is 5.34. The molecule has 7 heteroatoms. The number of carbonyl (C=O) groups is 2. The van der Waals surface area contributed by atoms with Gasteiger partial charge in [0.1, 0.15) is 6.29 Å². The predicted molar refractivity (Wildman–Crippen MR) is 106 cm³/mol. The van der Waals surface area contributed by atoms with E-state index in [2.05, 4.69) is 12.2 Å². The molecule has 0 heterocycles. The molecule has 0 aromatic heterocycles. The minimum atomic E-state index is -0.646. The van der Waals surface area contributed by atoms with Gasteiger partial charge in [-0.25, -0.2) is 0 Å². The molecule has 0 radical (unpaired) electrons. The van der Waals surface area contributed by atoms with Crippen molar-refractivity contribution in [2.75, 3.05) is 6.61 Å². The zero-order valence-corrected chi connectivity index (χ0v) is 16.2. The number of nitro groups is 1. The van der Waals surface area contributed by atoms with Crippen LogP contribution in [0.3, 0.4) is 0 Å². The summed E-state index contributed by atoms with van der Waals surface area (Å²) >= 11 is 0. The first kappa shape index (κ1) is 21.1. The number of aldehydes is 1. The number of nitrogens with zero attached hydrogens (tertiary/aromatic N) is 1. The van der Waals surface area contributed by atoms with Crippen molar-refractivity contribution >= 4 is 17.9 Å². The van der Waals surface area contributed by atoms with Crippen molar-refractivity contribution in [1.29, 1.82) is 0 Å². The molecular formula is C21H24N2O5. The number of amides is 1. The third-order valence-corrected chi connectivity index (χ3v) is 4.40. The lowest BCUT2D eigenvalue weighted by molar-refractivity contribution is -0.385. The molecule has 148 valence electrons. The number of ether oxygens (including phenoxy) is 1. The van der Waals surface area contributed by atoms with Crippen LogP contribution in [0.1, 0.15) is 48.3 Å². The summed E-state index contributed by atoms with van der Waals surface area (Å²) in [5.74, 6) is -0.288. The Labute approximate surface area is 163 Å². The molecule has 2 aromatic carbocycles. The summed E-state index contributed by atoms with van der Waals surface area (Å²) in [5.41, 5.74) is 2.01. The van der Waals surface area contributed by atoms with Crippen molar-refractivity contribution in [3.8, 4) is 5.75 Å². The highest BCUT2D eigenvalue weighted by Gasteiger charge is 2.21. The largest absolute Gasteiger partial charge is 0.477 e. The van der Waals surface area contributed by atoms with Gasteiger partial charge in [0, 0.05) is 11.6 Å². The Morgan fingerprint density at radius 3 is 2.43 bits per heavy atom. The van der Waals surface area contributed by atoms with Crippen molar-refractivity contribution in [3.63, 3.8) is 0 Å². The predicted octanol–water partition coefficient (Wildman–Crippen LogP) is 3.86. The summed E-state index contributed by atoms with van der Waals surface area (Å²) in [7, 11) is 0. The first-order chi connectivity index (χ1) is 13.3. The molecule has 1 atom stereocenters. The van der Waals surface area contributed by atoms with Gasteiger partial charge in [-0.15, -0.1) is 0 Å². The number of rotatable bonds is 9. The van der Waals surface area contributed by atoms with E-state index in [0.717, 1.165) is 18.1 Å². The second-order valence-electron chi connectivity index (χ2n) is 6.78. The van der Waals surface area contributed by atoms with Gasteiger partial charge in [-0.2, -0.15) is 0 Å². The van der Waals surface area contributed by atoms with E-state index in [1.54, 1.807) is 0 Å². The monoisotopic (exact) mass is 384 g/mol. The van der Waals surface area contributed by atoms with Gasteiger partial charge in [0.15, 0.2) is 12.4 Å². The highest BCUT2D eigenvalue weighted by atomic mass is 16.6. The Hall–Kier alpha value is -3.22. The summed E-state index contributed by atoms with van der Waals surface area (Å²) in [6.07, 6.45) is 1.45. The fraction of sp³-hybridized carbons (Fsp3) is 0.333. The molecule has 1 amide bonds. The number of aryl methyl sites for hydroxylation is 1. The Kier molecular flexibility index (Phi) is 7.26. The van der Waals surface area contributed by atoms with Crippen LogP contribution < -0.4 is 10.1 Å². The number of hydrogen-bond acceptors (Lipinski definition) is 5. The SMILES string of the molecule is CCc1ccc([C@H](NC(=O)COc2ccc(C=O)cc2[N+](=O)[O-])C(C)C)cc1. The van der Waals surface area contributed by atoms with E-state index in [1.165, 1.54) is 17.7 Å². The normalized spacial score (nSPS) is 11.7. The van der Waals surface area contributed by atoms with Crippen LogP contribution in [0, 0.1) is 16.0 Å². The number of hydrogen-bond donors (Lipinski definition) is 1. The van der Waals surface area contributed by atoms with Gasteiger partial charge in [0.25, 0.3) is 5.91 Å². The van der Waals surface area contributed by atoms with Gasteiger partial charge < -0.3 is 10.1 Å². The van der Waals surface area contributed by atoms with Crippen molar-refractivity contribution in [3.05, 3.63) is 69.3 Å². The maximum Gasteiger partial charge on any atom is 0.311 e. The van der Waals surface area contributed by atoms with E-state index >= 15 is 0 Å². The summed E-state index contributed by atoms with van der Waals surface area (Å²) in [4.78, 5) is 33.7. The van der Waals surface area contributed by atoms with Gasteiger partial charge in [-0.3, -0.25) is 19.7 Å². The number of nitro benzene ring substituents is 1. The maximum atomic E-state index is 12.4. The van der Waals surface area contributed by atoms with E-state index in [4.69, 9.17) is 4.74 Å². The van der Waals surface area contributed by atoms with Crippen molar-refractivity contribution in [2.45, 2.75) is 33.2 Å². The van der Waals surface area contributed by atoms with Crippen molar-refractivity contribution < 1.29 is 19.2 Å². The Balaban J connectivity index is 2.07. The maximum absolute atomic E-state index is 12.4. The van der Waals surface area contributed by atoms with Gasteiger partial charge in [0.05, 0.1) is 11.0 Å². The van der Waals surface area contributed by atoms with E-state index in [1.807, 2.05) is 38.1 Å². The Bertz CT molecular complexity index is 846. The molecular weight excluding hydrogens is 360 g/mol. The van der Waals surface area contributed by atoms with Gasteiger partial charge >= 0.3 is 5.69 Å². The third kappa shape index (κ3) is 5.39. The molecule has 0 saturated carbocycles. The zero-order chi connectivity index (χ0) is 20.7. The first-order valence-electron chi connectivity index (χ1n) is 9.10. The fourth-order valence-corrected chi connectivity index (χ4v) is 2.83. The quantitative estimate of drug-likeness (QED) is 0.402. The minimum absolute atomic E-state index is 0.0563. The van der Waals surface area contributed by atoms with Crippen molar-refractivity contribution in [1.82, 2.24) is 5.32 Å². The van der Waals surface area contributed by atoms with Gasteiger partial charge in [-0.1, -0.05) is 45.0 Å². The number of benzene rings is 2. The lowest BCUT2D eigenvalue weighted by Gasteiger charge is -2.23. The molecule has 0 spiro atoms. The average Bonchev–Trinajstić information content (AvgIpc) is 2.70. The Morgan fingerprint density at radius 2 is 1.89 bits per heavy atom. The molecule has 2 aromatic rings. The molecule has 0 aliphatic carbocycles. The van der Waals surface area contributed by atoms with Crippen LogP contribution in [0.2, 0.25) is 0 Å². The average molecular weight is 384 g/mol. The van der Waals surface area contributed by atoms with E-state index in [0.29, 0.717) is 6.29 Å². The Morgan fingerprint density at radius 1 is 1.21 bits per heavy atom. The lowest BCUT2D eigenvalue weighted by Crippen LogP contribution is -2.35. The van der Waals surface area contributed by atoms with Crippen LogP contribution in [0.25, 0.3) is 0 Å². The number of carbonyl (C=O) groups excluding carboxylic acids is 2.